The molecule has 6 nitrogen and oxygen atoms in total. The van der Waals surface area contributed by atoms with Gasteiger partial charge in [-0.15, -0.1) is 12.4 Å². The molecule has 0 bridgehead atoms. The predicted molar refractivity (Wildman–Crippen MR) is 87.6 cm³/mol. The van der Waals surface area contributed by atoms with Gasteiger partial charge >= 0.3 is 0 Å². The number of nitrogens with one attached hydrogen (secondary N) is 2. The number of carbonyl (C=O) groups is 1. The van der Waals surface area contributed by atoms with E-state index in [2.05, 4.69) is 10.6 Å². The molecule has 1 amide bonds. The molecule has 1 aromatic carbocycles. The summed E-state index contributed by atoms with van der Waals surface area (Å²) >= 11 is 0. The number of rotatable bonds is 2. The third kappa shape index (κ3) is 5.24. The standard InChI is InChI=1S/C14H21N3O3S.ClH/c18-14-7-12-17(11-4-8-15-9-10-16-14)21(19,20)13-5-2-1-3-6-13;/h1-3,5-6,15H,4,7-12H2,(H,16,18);1H. The van der Waals surface area contributed by atoms with E-state index in [1.807, 2.05) is 0 Å². The lowest BCUT2D eigenvalue weighted by Crippen LogP contribution is -2.36. The van der Waals surface area contributed by atoms with Crippen molar-refractivity contribution >= 4 is 28.3 Å². The van der Waals surface area contributed by atoms with Crippen molar-refractivity contribution in [2.24, 2.45) is 0 Å². The van der Waals surface area contributed by atoms with Gasteiger partial charge in [0.1, 0.15) is 0 Å². The van der Waals surface area contributed by atoms with Crippen molar-refractivity contribution in [3.05, 3.63) is 30.3 Å². The van der Waals surface area contributed by atoms with Crippen LogP contribution in [0.25, 0.3) is 0 Å². The van der Waals surface area contributed by atoms with E-state index < -0.39 is 10.0 Å². The Labute approximate surface area is 137 Å². The number of amides is 1. The van der Waals surface area contributed by atoms with Crippen LogP contribution in [0.1, 0.15) is 12.8 Å². The zero-order chi connectivity index (χ0) is 15.1. The number of sulfonamides is 1. The molecule has 2 N–H and O–H groups in total. The minimum absolute atomic E-state index is 0. The maximum Gasteiger partial charge on any atom is 0.243 e. The highest BCUT2D eigenvalue weighted by molar-refractivity contribution is 7.89. The van der Waals surface area contributed by atoms with Crippen molar-refractivity contribution in [1.82, 2.24) is 14.9 Å². The van der Waals surface area contributed by atoms with E-state index in [0.29, 0.717) is 19.6 Å². The number of nitrogens with zero attached hydrogens (tertiary/aromatic N) is 1. The molecule has 2 rings (SSSR count). The lowest BCUT2D eigenvalue weighted by Gasteiger charge is -2.21. The molecular formula is C14H22ClN3O3S. The average Bonchev–Trinajstić information content (AvgIpc) is 2.54. The van der Waals surface area contributed by atoms with Crippen LogP contribution in [0.15, 0.2) is 35.2 Å². The first-order valence-corrected chi connectivity index (χ1v) is 8.57. The molecule has 0 atom stereocenters. The van der Waals surface area contributed by atoms with E-state index in [4.69, 9.17) is 0 Å². The van der Waals surface area contributed by atoms with Gasteiger partial charge in [-0.2, -0.15) is 4.31 Å². The Morgan fingerprint density at radius 2 is 1.73 bits per heavy atom. The molecule has 124 valence electrons. The van der Waals surface area contributed by atoms with Gasteiger partial charge in [0.25, 0.3) is 0 Å². The van der Waals surface area contributed by atoms with E-state index >= 15 is 0 Å². The van der Waals surface area contributed by atoms with Crippen molar-refractivity contribution in [2.45, 2.75) is 17.7 Å². The summed E-state index contributed by atoms with van der Waals surface area (Å²) < 4.78 is 26.6. The summed E-state index contributed by atoms with van der Waals surface area (Å²) in [6.07, 6.45) is 0.909. The van der Waals surface area contributed by atoms with E-state index in [-0.39, 0.29) is 36.2 Å². The molecule has 22 heavy (non-hydrogen) atoms. The van der Waals surface area contributed by atoms with Crippen LogP contribution in [0.2, 0.25) is 0 Å². The van der Waals surface area contributed by atoms with Crippen LogP contribution in [0, 0.1) is 0 Å². The van der Waals surface area contributed by atoms with Crippen LogP contribution in [-0.2, 0) is 14.8 Å². The van der Waals surface area contributed by atoms with Crippen molar-refractivity contribution in [3.63, 3.8) is 0 Å². The predicted octanol–water partition coefficient (Wildman–Crippen LogP) is 0.599. The average molecular weight is 348 g/mol. The van der Waals surface area contributed by atoms with E-state index in [9.17, 15) is 13.2 Å². The Kier molecular flexibility index (Phi) is 7.81. The van der Waals surface area contributed by atoms with Gasteiger partial charge in [-0.05, 0) is 25.1 Å². The third-order valence-electron chi connectivity index (χ3n) is 3.35. The largest absolute Gasteiger partial charge is 0.355 e. The van der Waals surface area contributed by atoms with Gasteiger partial charge < -0.3 is 10.6 Å². The Balaban J connectivity index is 0.00000242. The zero-order valence-electron chi connectivity index (χ0n) is 12.3. The SMILES string of the molecule is Cl.O=C1CCN(S(=O)(=O)c2ccccc2)CCCNCCN1. The molecule has 1 aliphatic heterocycles. The number of hydrogen-bond acceptors (Lipinski definition) is 4. The van der Waals surface area contributed by atoms with Crippen LogP contribution in [0.4, 0.5) is 0 Å². The Bertz CT molecular complexity index is 566. The van der Waals surface area contributed by atoms with Crippen LogP contribution >= 0.6 is 12.4 Å². The number of hydrogen-bond donors (Lipinski definition) is 2. The summed E-state index contributed by atoms with van der Waals surface area (Å²) in [5.41, 5.74) is 0. The van der Waals surface area contributed by atoms with E-state index in [1.165, 1.54) is 4.31 Å². The van der Waals surface area contributed by atoms with Crippen LogP contribution in [-0.4, -0.2) is 51.4 Å². The summed E-state index contributed by atoms with van der Waals surface area (Å²) in [5, 5.41) is 5.95. The normalized spacial score (nSPS) is 18.6. The lowest BCUT2D eigenvalue weighted by atomic mass is 10.3. The quantitative estimate of drug-likeness (QED) is 0.821. The number of carbonyl (C=O) groups excluding carboxylic acids is 1. The maximum atomic E-state index is 12.6. The summed E-state index contributed by atoms with van der Waals surface area (Å²) in [7, 11) is -3.54. The van der Waals surface area contributed by atoms with E-state index in [1.54, 1.807) is 30.3 Å². The van der Waals surface area contributed by atoms with Crippen LogP contribution < -0.4 is 10.6 Å². The van der Waals surface area contributed by atoms with Gasteiger partial charge in [0.2, 0.25) is 15.9 Å². The van der Waals surface area contributed by atoms with Crippen molar-refractivity contribution in [2.75, 3.05) is 32.7 Å². The summed E-state index contributed by atoms with van der Waals surface area (Å²) in [6, 6.07) is 8.35. The van der Waals surface area contributed by atoms with Crippen molar-refractivity contribution in [3.8, 4) is 0 Å². The first-order valence-electron chi connectivity index (χ1n) is 7.13. The monoisotopic (exact) mass is 347 g/mol. The fourth-order valence-corrected chi connectivity index (χ4v) is 3.70. The molecule has 0 saturated carbocycles. The van der Waals surface area contributed by atoms with Gasteiger partial charge in [0.05, 0.1) is 4.90 Å². The zero-order valence-corrected chi connectivity index (χ0v) is 14.0. The van der Waals surface area contributed by atoms with Gasteiger partial charge in [-0.25, -0.2) is 8.42 Å². The molecule has 1 saturated heterocycles. The first-order chi connectivity index (χ1) is 10.1. The molecule has 1 aromatic rings. The topological polar surface area (TPSA) is 78.5 Å². The minimum Gasteiger partial charge on any atom is -0.355 e. The molecule has 8 heteroatoms. The molecule has 0 aliphatic carbocycles. The highest BCUT2D eigenvalue weighted by Crippen LogP contribution is 2.16. The molecule has 0 spiro atoms. The summed E-state index contributed by atoms with van der Waals surface area (Å²) in [5.74, 6) is -0.119. The van der Waals surface area contributed by atoms with Gasteiger partial charge in [-0.3, -0.25) is 4.79 Å². The summed E-state index contributed by atoms with van der Waals surface area (Å²) in [4.78, 5) is 11.9. The minimum atomic E-state index is -3.54. The smallest absolute Gasteiger partial charge is 0.243 e. The third-order valence-corrected chi connectivity index (χ3v) is 5.27. The highest BCUT2D eigenvalue weighted by Gasteiger charge is 2.24. The second-order valence-corrected chi connectivity index (χ2v) is 6.86. The molecule has 0 radical (unpaired) electrons. The second-order valence-electron chi connectivity index (χ2n) is 4.92. The fraction of sp³-hybridized carbons (Fsp3) is 0.500. The lowest BCUT2D eigenvalue weighted by molar-refractivity contribution is -0.121. The molecular weight excluding hydrogens is 326 g/mol. The van der Waals surface area contributed by atoms with Gasteiger partial charge in [0, 0.05) is 32.6 Å². The Morgan fingerprint density at radius 3 is 2.45 bits per heavy atom. The fourth-order valence-electron chi connectivity index (χ4n) is 2.20. The summed E-state index contributed by atoms with van der Waals surface area (Å²) in [6.45, 7) is 2.64. The number of benzene rings is 1. The molecule has 0 aromatic heterocycles. The molecule has 0 unspecified atom stereocenters. The Morgan fingerprint density at radius 1 is 1.00 bits per heavy atom. The first kappa shape index (κ1) is 18.9. The maximum absolute atomic E-state index is 12.6. The molecule has 1 heterocycles. The highest BCUT2D eigenvalue weighted by atomic mass is 35.5. The number of halogens is 1. The van der Waals surface area contributed by atoms with E-state index in [0.717, 1.165) is 13.0 Å². The Hall–Kier alpha value is -1.15. The van der Waals surface area contributed by atoms with Crippen LogP contribution in [0.5, 0.6) is 0 Å². The van der Waals surface area contributed by atoms with Crippen LogP contribution in [0.3, 0.4) is 0 Å². The van der Waals surface area contributed by atoms with Crippen molar-refractivity contribution in [1.29, 1.82) is 0 Å². The van der Waals surface area contributed by atoms with Gasteiger partial charge in [-0.1, -0.05) is 18.2 Å². The van der Waals surface area contributed by atoms with Gasteiger partial charge in [0.15, 0.2) is 0 Å². The molecule has 1 fully saturated rings. The molecule has 1 aliphatic rings. The van der Waals surface area contributed by atoms with Crippen molar-refractivity contribution < 1.29 is 13.2 Å². The second kappa shape index (κ2) is 9.09.